The number of amidine groups is 1. The number of nitrogens with two attached hydrogens (primary N) is 1. The molecule has 146 valence electrons. The lowest BCUT2D eigenvalue weighted by molar-refractivity contribution is -0.132. The number of nitrogens with zero attached hydrogens (tertiary/aromatic N) is 2. The van der Waals surface area contributed by atoms with Crippen LogP contribution in [0.15, 0.2) is 59.3 Å². The lowest BCUT2D eigenvalue weighted by atomic mass is 9.85. The van der Waals surface area contributed by atoms with E-state index in [9.17, 15) is 4.79 Å². The molecule has 0 radical (unpaired) electrons. The molecule has 1 aliphatic carbocycles. The third-order valence-corrected chi connectivity index (χ3v) is 5.66. The van der Waals surface area contributed by atoms with Gasteiger partial charge in [-0.2, -0.15) is 0 Å². The summed E-state index contributed by atoms with van der Waals surface area (Å²) in [6, 6.07) is 8.29. The Balaban J connectivity index is 1.36. The lowest BCUT2D eigenvalue weighted by Crippen LogP contribution is -2.41. The van der Waals surface area contributed by atoms with Crippen LogP contribution in [0.5, 0.6) is 5.75 Å². The Labute approximate surface area is 166 Å². The lowest BCUT2D eigenvalue weighted by Gasteiger charge is -2.32. The van der Waals surface area contributed by atoms with Gasteiger partial charge in [-0.25, -0.2) is 4.99 Å². The first-order valence-corrected chi connectivity index (χ1v) is 10.1. The van der Waals surface area contributed by atoms with Crippen molar-refractivity contribution in [1.29, 1.82) is 0 Å². The van der Waals surface area contributed by atoms with E-state index < -0.39 is 0 Å². The van der Waals surface area contributed by atoms with Crippen LogP contribution in [0.3, 0.4) is 0 Å². The molecule has 1 fully saturated rings. The van der Waals surface area contributed by atoms with E-state index in [0.717, 1.165) is 38.1 Å². The Morgan fingerprint density at radius 1 is 1.21 bits per heavy atom. The summed E-state index contributed by atoms with van der Waals surface area (Å²) in [4.78, 5) is 17.9. The van der Waals surface area contributed by atoms with Gasteiger partial charge in [-0.15, -0.1) is 0 Å². The molecule has 4 rings (SSSR count). The number of fused-ring (bicyclic) bond motifs is 1. The average molecular weight is 377 g/mol. The molecular weight excluding hydrogens is 350 g/mol. The molecule has 0 saturated carbocycles. The van der Waals surface area contributed by atoms with Crippen molar-refractivity contribution in [2.45, 2.75) is 38.7 Å². The fourth-order valence-electron chi connectivity index (χ4n) is 3.99. The molecule has 0 aromatic heterocycles. The fraction of sp³-hybridized carbons (Fsp3) is 0.391. The molecule has 28 heavy (non-hydrogen) atoms. The van der Waals surface area contributed by atoms with Crippen LogP contribution in [0.4, 0.5) is 0 Å². The molecule has 3 aliphatic rings. The smallest absolute Gasteiger partial charge is 0.222 e. The number of rotatable bonds is 4. The number of benzene rings is 1. The summed E-state index contributed by atoms with van der Waals surface area (Å²) in [6.45, 7) is 3.49. The summed E-state index contributed by atoms with van der Waals surface area (Å²) in [5, 5.41) is 0. The zero-order valence-corrected chi connectivity index (χ0v) is 16.3. The number of aliphatic imine (C=N–C) groups is 1. The Bertz CT molecular complexity index is 856. The number of hydrogen-bond donors (Lipinski definition) is 1. The first kappa shape index (κ1) is 18.5. The van der Waals surface area contributed by atoms with Gasteiger partial charge in [-0.1, -0.05) is 37.3 Å². The highest BCUT2D eigenvalue weighted by Gasteiger charge is 2.23. The van der Waals surface area contributed by atoms with Gasteiger partial charge in [0.05, 0.1) is 5.84 Å². The maximum absolute atomic E-state index is 11.8. The van der Waals surface area contributed by atoms with Gasteiger partial charge in [0, 0.05) is 50.9 Å². The second-order valence-electron chi connectivity index (χ2n) is 7.59. The topological polar surface area (TPSA) is 67.9 Å². The third kappa shape index (κ3) is 4.03. The number of amides is 1. The molecule has 0 spiro atoms. The summed E-state index contributed by atoms with van der Waals surface area (Å²) >= 11 is 0. The van der Waals surface area contributed by atoms with E-state index in [4.69, 9.17) is 10.5 Å². The van der Waals surface area contributed by atoms with Gasteiger partial charge in [0.2, 0.25) is 5.91 Å². The minimum absolute atomic E-state index is 0.178. The molecular formula is C23H27N3O2. The van der Waals surface area contributed by atoms with Crippen LogP contribution in [-0.4, -0.2) is 35.8 Å². The van der Waals surface area contributed by atoms with E-state index in [2.05, 4.69) is 35.4 Å². The standard InChI is InChI=1S/C23H27N3O2/c1-2-23(27)26-11-9-21(10-12-26)28-20-7-5-16(6-8-20)17-3-4-18-15-25-22(24)14-19(18)13-17/h3-8,13,15,19,21H,2,9-12,14H2,1H3,(H2,24,25). The maximum Gasteiger partial charge on any atom is 0.222 e. The highest BCUT2D eigenvalue weighted by molar-refractivity contribution is 5.85. The number of hydrogen-bond acceptors (Lipinski definition) is 4. The summed E-state index contributed by atoms with van der Waals surface area (Å²) in [5.74, 6) is 2.12. The van der Waals surface area contributed by atoms with Crippen LogP contribution in [-0.2, 0) is 4.79 Å². The summed E-state index contributed by atoms with van der Waals surface area (Å²) in [5.41, 5.74) is 9.47. The van der Waals surface area contributed by atoms with Gasteiger partial charge in [-0.05, 0) is 28.8 Å². The van der Waals surface area contributed by atoms with Crippen LogP contribution >= 0.6 is 0 Å². The second-order valence-corrected chi connectivity index (χ2v) is 7.59. The van der Waals surface area contributed by atoms with Gasteiger partial charge in [0.1, 0.15) is 11.9 Å². The largest absolute Gasteiger partial charge is 0.490 e. The molecule has 1 amide bonds. The van der Waals surface area contributed by atoms with E-state index >= 15 is 0 Å². The number of piperidine rings is 1. The van der Waals surface area contributed by atoms with Crippen molar-refractivity contribution in [2.24, 2.45) is 16.6 Å². The Morgan fingerprint density at radius 3 is 2.68 bits per heavy atom. The van der Waals surface area contributed by atoms with Crippen molar-refractivity contribution < 1.29 is 9.53 Å². The predicted molar refractivity (Wildman–Crippen MR) is 112 cm³/mol. The zero-order valence-electron chi connectivity index (χ0n) is 16.3. The summed E-state index contributed by atoms with van der Waals surface area (Å²) < 4.78 is 6.14. The minimum Gasteiger partial charge on any atom is -0.490 e. The predicted octanol–water partition coefficient (Wildman–Crippen LogP) is 3.68. The highest BCUT2D eigenvalue weighted by Crippen LogP contribution is 2.32. The van der Waals surface area contributed by atoms with Crippen LogP contribution in [0.1, 0.15) is 38.2 Å². The van der Waals surface area contributed by atoms with E-state index in [1.54, 1.807) is 0 Å². The van der Waals surface area contributed by atoms with Crippen molar-refractivity contribution in [1.82, 2.24) is 4.90 Å². The van der Waals surface area contributed by atoms with E-state index in [-0.39, 0.29) is 12.0 Å². The quantitative estimate of drug-likeness (QED) is 0.870. The van der Waals surface area contributed by atoms with E-state index in [1.807, 2.05) is 30.2 Å². The Morgan fingerprint density at radius 2 is 1.96 bits per heavy atom. The van der Waals surface area contributed by atoms with Gasteiger partial charge in [0.25, 0.3) is 0 Å². The zero-order chi connectivity index (χ0) is 19.5. The van der Waals surface area contributed by atoms with Crippen molar-refractivity contribution in [3.05, 3.63) is 59.8 Å². The highest BCUT2D eigenvalue weighted by atomic mass is 16.5. The van der Waals surface area contributed by atoms with Crippen LogP contribution < -0.4 is 10.5 Å². The SMILES string of the molecule is CCC(=O)N1CCC(Oc2ccc(C3=CC4CC(N)=NC=C4C=C3)cc2)CC1. The second kappa shape index (κ2) is 8.05. The summed E-state index contributed by atoms with van der Waals surface area (Å²) in [7, 11) is 0. The van der Waals surface area contributed by atoms with E-state index in [1.165, 1.54) is 16.7 Å². The average Bonchev–Trinajstić information content (AvgIpc) is 2.73. The minimum atomic E-state index is 0.178. The molecule has 1 aromatic carbocycles. The van der Waals surface area contributed by atoms with Crippen LogP contribution in [0.25, 0.3) is 5.57 Å². The molecule has 1 aromatic rings. The molecule has 1 saturated heterocycles. The molecule has 2 N–H and O–H groups in total. The first-order chi connectivity index (χ1) is 13.6. The normalized spacial score (nSPS) is 22.1. The van der Waals surface area contributed by atoms with Crippen LogP contribution in [0, 0.1) is 5.92 Å². The van der Waals surface area contributed by atoms with Crippen LogP contribution in [0.2, 0.25) is 0 Å². The Hall–Kier alpha value is -2.82. The number of allylic oxidation sites excluding steroid dienone is 5. The Kier molecular flexibility index (Phi) is 5.33. The fourth-order valence-corrected chi connectivity index (χ4v) is 3.99. The first-order valence-electron chi connectivity index (χ1n) is 10.1. The molecule has 1 atom stereocenters. The maximum atomic E-state index is 11.8. The number of carbonyl (C=O) groups excluding carboxylic acids is 1. The third-order valence-electron chi connectivity index (χ3n) is 5.66. The van der Waals surface area contributed by atoms with Crippen molar-refractivity contribution in [2.75, 3.05) is 13.1 Å². The van der Waals surface area contributed by atoms with Crippen molar-refractivity contribution in [3.8, 4) is 5.75 Å². The molecule has 2 heterocycles. The van der Waals surface area contributed by atoms with Crippen molar-refractivity contribution in [3.63, 3.8) is 0 Å². The number of carbonyl (C=O) groups is 1. The monoisotopic (exact) mass is 377 g/mol. The van der Waals surface area contributed by atoms with Gasteiger partial charge in [-0.3, -0.25) is 4.79 Å². The van der Waals surface area contributed by atoms with Gasteiger partial charge < -0.3 is 15.4 Å². The van der Waals surface area contributed by atoms with Gasteiger partial charge >= 0.3 is 0 Å². The van der Waals surface area contributed by atoms with Crippen molar-refractivity contribution >= 4 is 17.3 Å². The summed E-state index contributed by atoms with van der Waals surface area (Å²) in [6.07, 6.45) is 11.7. The molecule has 5 heteroatoms. The number of ether oxygens (including phenoxy) is 1. The molecule has 5 nitrogen and oxygen atoms in total. The number of likely N-dealkylation sites (tertiary alicyclic amines) is 1. The molecule has 1 unspecified atom stereocenters. The molecule has 0 bridgehead atoms. The van der Waals surface area contributed by atoms with E-state index in [0.29, 0.717) is 18.2 Å². The molecule has 2 aliphatic heterocycles. The van der Waals surface area contributed by atoms with Gasteiger partial charge in [0.15, 0.2) is 0 Å².